The van der Waals surface area contributed by atoms with Crippen LogP contribution in [0.5, 0.6) is 0 Å². The van der Waals surface area contributed by atoms with Crippen LogP contribution in [0.25, 0.3) is 0 Å². The molecule has 0 aliphatic heterocycles. The normalized spacial score (nSPS) is 13.4. The predicted molar refractivity (Wildman–Crippen MR) is 212 cm³/mol. The summed E-state index contributed by atoms with van der Waals surface area (Å²) in [6, 6.07) is 0. The van der Waals surface area contributed by atoms with Crippen molar-refractivity contribution in [2.75, 3.05) is 28.4 Å². The zero-order valence-corrected chi connectivity index (χ0v) is 36.5. The van der Waals surface area contributed by atoms with E-state index in [1.807, 2.05) is 6.08 Å². The Bertz CT molecular complexity index is 1010. The molecule has 0 aromatic carbocycles. The third-order valence-corrected chi connectivity index (χ3v) is 8.34. The van der Waals surface area contributed by atoms with Gasteiger partial charge in [0.05, 0.1) is 28.4 Å². The van der Waals surface area contributed by atoms with Crippen LogP contribution in [-0.2, 0) is 91.4 Å². The Morgan fingerprint density at radius 2 is 0.946 bits per heavy atom. The van der Waals surface area contributed by atoms with Crippen LogP contribution < -0.4 is 0 Å². The molecule has 0 amide bonds. The van der Waals surface area contributed by atoms with Crippen LogP contribution in [-0.4, -0.2) is 79.5 Å². The maximum Gasteiger partial charge on any atom is 4.00 e. The molecular weight excluding hydrogens is 808 g/mol. The number of carbonyl (C=O) groups excluding carboxylic acids is 8. The van der Waals surface area contributed by atoms with E-state index in [2.05, 4.69) is 76.5 Å². The molecule has 0 unspecified atom stereocenters. The van der Waals surface area contributed by atoms with E-state index in [4.69, 9.17) is 19.2 Å². The van der Waals surface area contributed by atoms with Gasteiger partial charge in [0.25, 0.3) is 0 Å². The molecule has 4 aliphatic rings. The van der Waals surface area contributed by atoms with Crippen LogP contribution in [0.15, 0.2) is 47.6 Å². The second-order valence-corrected chi connectivity index (χ2v) is 11.6. The van der Waals surface area contributed by atoms with Gasteiger partial charge >= 0.3 is 58.0 Å². The molecule has 2 saturated carbocycles. The Kier molecular flexibility index (Phi) is 70.2. The maximum atomic E-state index is 10.7. The Labute approximate surface area is 359 Å². The summed E-state index contributed by atoms with van der Waals surface area (Å²) < 4.78 is 18.2. The average molecular weight is 875 g/mol. The van der Waals surface area contributed by atoms with Crippen molar-refractivity contribution >= 4 is 51.0 Å². The van der Waals surface area contributed by atoms with Crippen LogP contribution in [0, 0.1) is 26.7 Å². The van der Waals surface area contributed by atoms with Crippen molar-refractivity contribution in [3.8, 4) is 0 Å². The molecule has 0 atom stereocenters. The van der Waals surface area contributed by atoms with Crippen molar-refractivity contribution in [1.29, 1.82) is 0 Å². The molecule has 0 N–H and O–H groups in total. The fraction of sp³-hybridized carbons (Fsp3) is 0.571. The summed E-state index contributed by atoms with van der Waals surface area (Å²) in [5.41, 5.74) is 2.56. The van der Waals surface area contributed by atoms with E-state index in [1.165, 1.54) is 91.0 Å². The van der Waals surface area contributed by atoms with Gasteiger partial charge in [0.2, 0.25) is 0 Å². The molecule has 0 aromatic heterocycles. The average Bonchev–Trinajstić information content (AvgIpc) is 4.08. The summed E-state index contributed by atoms with van der Waals surface area (Å²) in [4.78, 5) is 73.9. The standard InChI is InChI=1S/2C9H16O2.2C9H12O2.4CHO.2CH3.2Fe/c4*1-11-9(10)7-6-8-4-2-3-5-8;4*1-2;;;;/h2*8H,2-7H2,1H3;2,4-5H,3,6-7H2,1H3;2-4H,5-7H2,1H3;4*1H;2*1H3;;/q;;;;6*-1;+2;+4. The first-order valence-corrected chi connectivity index (χ1v) is 17.2. The van der Waals surface area contributed by atoms with Crippen LogP contribution >= 0.6 is 0 Å². The smallest absolute Gasteiger partial charge is 0.545 e. The van der Waals surface area contributed by atoms with Crippen LogP contribution in [0.4, 0.5) is 0 Å². The zero-order valence-electron chi connectivity index (χ0n) is 34.3. The first-order valence-electron chi connectivity index (χ1n) is 17.2. The monoisotopic (exact) mass is 874 g/mol. The molecule has 4 rings (SSSR count). The molecule has 12 nitrogen and oxygen atoms in total. The van der Waals surface area contributed by atoms with Crippen molar-refractivity contribution in [3.63, 3.8) is 0 Å². The first-order chi connectivity index (χ1) is 25.3. The largest absolute Gasteiger partial charge is 4.00 e. The van der Waals surface area contributed by atoms with E-state index in [0.29, 0.717) is 25.7 Å². The molecule has 0 bridgehead atoms. The molecule has 322 valence electrons. The summed E-state index contributed by atoms with van der Waals surface area (Å²) >= 11 is 0. The maximum absolute atomic E-state index is 10.7. The third-order valence-electron chi connectivity index (χ3n) is 8.34. The quantitative estimate of drug-likeness (QED) is 0.0616. The molecule has 0 heterocycles. The topological polar surface area (TPSA) is 173 Å². The van der Waals surface area contributed by atoms with Gasteiger partial charge in [-0.3, -0.25) is 46.3 Å². The third kappa shape index (κ3) is 45.0. The van der Waals surface area contributed by atoms with E-state index in [-0.39, 0.29) is 72.9 Å². The van der Waals surface area contributed by atoms with Crippen LogP contribution in [0.3, 0.4) is 0 Å². The van der Waals surface area contributed by atoms with Gasteiger partial charge in [-0.05, 0) is 50.4 Å². The van der Waals surface area contributed by atoms with Gasteiger partial charge in [0.1, 0.15) is 0 Å². The number of esters is 4. The molecular formula is C42H66Fe2O12. The molecule has 14 heteroatoms. The van der Waals surface area contributed by atoms with Crippen molar-refractivity contribution in [2.24, 2.45) is 11.8 Å². The van der Waals surface area contributed by atoms with Gasteiger partial charge < -0.3 is 53.0 Å². The van der Waals surface area contributed by atoms with Gasteiger partial charge in [0.15, 0.2) is 0 Å². The fourth-order valence-electron chi connectivity index (χ4n) is 5.53. The molecule has 0 aromatic rings. The fourth-order valence-corrected chi connectivity index (χ4v) is 5.53. The van der Waals surface area contributed by atoms with Crippen molar-refractivity contribution in [3.05, 3.63) is 62.5 Å². The second kappa shape index (κ2) is 55.9. The number of ether oxygens (including phenoxy) is 4. The Morgan fingerprint density at radius 3 is 1.25 bits per heavy atom. The molecule has 4 aliphatic carbocycles. The molecule has 2 fully saturated rings. The van der Waals surface area contributed by atoms with Gasteiger partial charge in [-0.15, -0.1) is 0 Å². The number of hydrogen-bond acceptors (Lipinski definition) is 12. The van der Waals surface area contributed by atoms with E-state index in [1.54, 1.807) is 0 Å². The Balaban J connectivity index is -0.0000000841. The zero-order chi connectivity index (χ0) is 40.4. The minimum atomic E-state index is -0.133. The molecule has 0 saturated heterocycles. The van der Waals surface area contributed by atoms with Crippen LogP contribution in [0.1, 0.15) is 116 Å². The van der Waals surface area contributed by atoms with Crippen molar-refractivity contribution < 1.29 is 91.4 Å². The number of carbonyl (C=O) groups is 4. The number of rotatable bonds is 12. The van der Waals surface area contributed by atoms with Crippen molar-refractivity contribution in [1.82, 2.24) is 0 Å². The molecule has 0 radical (unpaired) electrons. The van der Waals surface area contributed by atoms with E-state index >= 15 is 0 Å². The van der Waals surface area contributed by atoms with E-state index in [0.717, 1.165) is 50.4 Å². The number of hydrogen-bond donors (Lipinski definition) is 0. The Hall–Kier alpha value is -3.44. The predicted octanol–water partition coefficient (Wildman–Crippen LogP) is 7.71. The number of methoxy groups -OCH3 is 4. The summed E-state index contributed by atoms with van der Waals surface area (Å²) in [5.74, 6) is 1.22. The Morgan fingerprint density at radius 1 is 0.589 bits per heavy atom. The second-order valence-electron chi connectivity index (χ2n) is 11.6. The van der Waals surface area contributed by atoms with Gasteiger partial charge in [-0.1, -0.05) is 99.0 Å². The van der Waals surface area contributed by atoms with E-state index < -0.39 is 0 Å². The van der Waals surface area contributed by atoms with Gasteiger partial charge in [-0.25, -0.2) is 0 Å². The summed E-state index contributed by atoms with van der Waals surface area (Å²) in [6.07, 6.45) is 31.1. The van der Waals surface area contributed by atoms with Gasteiger partial charge in [0, 0.05) is 25.7 Å². The first kappa shape index (κ1) is 70.4. The summed E-state index contributed by atoms with van der Waals surface area (Å²) in [5, 5.41) is 0. The van der Waals surface area contributed by atoms with E-state index in [9.17, 15) is 19.2 Å². The van der Waals surface area contributed by atoms with Crippen molar-refractivity contribution in [2.45, 2.75) is 116 Å². The van der Waals surface area contributed by atoms with Gasteiger partial charge in [-0.2, -0.15) is 0 Å². The molecule has 0 spiro atoms. The summed E-state index contributed by atoms with van der Waals surface area (Å²) in [6.45, 7) is 13.0. The minimum Gasteiger partial charge on any atom is -0.545 e. The summed E-state index contributed by atoms with van der Waals surface area (Å²) in [7, 11) is 5.75. The SMILES string of the molecule is COC(=O)CCC1=CC=CC1.COC(=O)CCC1=CCC=C1.COC(=O)CCC1CCCC1.COC(=O)CCC1CCCC1.[CH-]=O.[CH-]=O.[CH-]=O.[CH-]=O.[CH3-].[CH3-].[Fe+2].[Fe+4]. The van der Waals surface area contributed by atoms with Crippen LogP contribution in [0.2, 0.25) is 0 Å². The number of allylic oxidation sites excluding steroid dienone is 8. The molecule has 56 heavy (non-hydrogen) atoms. The minimum absolute atomic E-state index is 0.